The number of halogens is 1. The first-order valence-electron chi connectivity index (χ1n) is 12.0. The zero-order valence-electron chi connectivity index (χ0n) is 20.4. The number of carbonyl (C=O) groups excluding carboxylic acids is 1. The molecule has 3 aromatic carbocycles. The second-order valence-electron chi connectivity index (χ2n) is 9.28. The van der Waals surface area contributed by atoms with Gasteiger partial charge in [-0.15, -0.1) is 5.10 Å². The number of nitrogens with zero attached hydrogens (tertiary/aromatic N) is 3. The van der Waals surface area contributed by atoms with Crippen molar-refractivity contribution in [1.82, 2.24) is 15.0 Å². The van der Waals surface area contributed by atoms with Crippen LogP contribution in [0, 0.1) is 12.7 Å². The Kier molecular flexibility index (Phi) is 6.49. The summed E-state index contributed by atoms with van der Waals surface area (Å²) >= 11 is 0. The van der Waals surface area contributed by atoms with Crippen LogP contribution in [0.15, 0.2) is 72.8 Å². The fraction of sp³-hybridized carbons (Fsp3) is 0.250. The van der Waals surface area contributed by atoms with Gasteiger partial charge in [0.1, 0.15) is 17.6 Å². The number of hydrogen-bond donors (Lipinski definition) is 3. The van der Waals surface area contributed by atoms with Gasteiger partial charge in [0.05, 0.1) is 5.69 Å². The van der Waals surface area contributed by atoms with E-state index in [1.165, 1.54) is 10.7 Å². The third-order valence-corrected chi connectivity index (χ3v) is 6.87. The Morgan fingerprint density at radius 1 is 1.03 bits per heavy atom. The number of benzene rings is 3. The zero-order valence-corrected chi connectivity index (χ0v) is 20.4. The molecule has 8 nitrogen and oxygen atoms in total. The van der Waals surface area contributed by atoms with Gasteiger partial charge in [-0.3, -0.25) is 5.32 Å². The van der Waals surface area contributed by atoms with Gasteiger partial charge in [-0.05, 0) is 61.6 Å². The second kappa shape index (κ2) is 9.76. The minimum Gasteiger partial charge on any atom is -0.441 e. The molecule has 0 saturated heterocycles. The van der Waals surface area contributed by atoms with Crippen molar-refractivity contribution in [1.29, 1.82) is 0 Å². The number of aryl methyl sites for hydroxylation is 1. The van der Waals surface area contributed by atoms with Crippen LogP contribution < -0.4 is 5.32 Å². The van der Waals surface area contributed by atoms with Crippen molar-refractivity contribution in [3.63, 3.8) is 0 Å². The minimum absolute atomic E-state index is 0.282. The molecule has 190 valence electrons. The summed E-state index contributed by atoms with van der Waals surface area (Å²) in [7, 11) is 0. The first-order chi connectivity index (χ1) is 17.8. The van der Waals surface area contributed by atoms with E-state index in [0.717, 1.165) is 29.5 Å². The fourth-order valence-corrected chi connectivity index (χ4v) is 4.46. The lowest BCUT2D eigenvalue weighted by molar-refractivity contribution is -0.0694. The summed E-state index contributed by atoms with van der Waals surface area (Å²) in [5.74, 6) is -0.0985. The number of rotatable bonds is 7. The summed E-state index contributed by atoms with van der Waals surface area (Å²) in [6.07, 6.45) is -1.36. The Bertz CT molecular complexity index is 1410. The lowest BCUT2D eigenvalue weighted by atomic mass is 9.93. The van der Waals surface area contributed by atoms with Gasteiger partial charge in [0.25, 0.3) is 0 Å². The van der Waals surface area contributed by atoms with Crippen molar-refractivity contribution in [3.8, 4) is 16.8 Å². The van der Waals surface area contributed by atoms with Crippen molar-refractivity contribution in [2.24, 2.45) is 0 Å². The average molecular weight is 503 g/mol. The number of amides is 1. The number of nitrogens with one attached hydrogen (secondary N) is 1. The second-order valence-corrected chi connectivity index (χ2v) is 9.28. The highest BCUT2D eigenvalue weighted by molar-refractivity contribution is 5.84. The number of aliphatic hydroxyl groups is 2. The maximum Gasteiger partial charge on any atom is 0.413 e. The molecule has 1 atom stereocenters. The van der Waals surface area contributed by atoms with Gasteiger partial charge in [-0.25, -0.2) is 9.18 Å². The highest BCUT2D eigenvalue weighted by atomic mass is 19.1. The van der Waals surface area contributed by atoms with Crippen LogP contribution in [0.5, 0.6) is 0 Å². The molecule has 37 heavy (non-hydrogen) atoms. The van der Waals surface area contributed by atoms with Crippen LogP contribution in [-0.2, 0) is 10.2 Å². The van der Waals surface area contributed by atoms with E-state index in [4.69, 9.17) is 4.74 Å². The van der Waals surface area contributed by atoms with Gasteiger partial charge in [0.15, 0.2) is 12.1 Å². The lowest BCUT2D eigenvalue weighted by Gasteiger charge is -2.18. The fourth-order valence-electron chi connectivity index (χ4n) is 4.46. The molecule has 0 spiro atoms. The molecule has 1 heterocycles. The topological polar surface area (TPSA) is 110 Å². The van der Waals surface area contributed by atoms with Gasteiger partial charge in [0.2, 0.25) is 0 Å². The number of carbonyl (C=O) groups is 1. The summed E-state index contributed by atoms with van der Waals surface area (Å²) in [5.41, 5.74) is 3.79. The molecule has 4 aromatic rings. The Morgan fingerprint density at radius 3 is 2.24 bits per heavy atom. The van der Waals surface area contributed by atoms with Gasteiger partial charge >= 0.3 is 6.09 Å². The molecule has 1 aliphatic carbocycles. The van der Waals surface area contributed by atoms with Crippen molar-refractivity contribution in [2.45, 2.75) is 44.5 Å². The summed E-state index contributed by atoms with van der Waals surface area (Å²) < 4.78 is 20.9. The highest BCUT2D eigenvalue weighted by Gasteiger charge is 2.49. The summed E-state index contributed by atoms with van der Waals surface area (Å²) in [6, 6.07) is 21.5. The molecule has 0 aliphatic heterocycles. The van der Waals surface area contributed by atoms with E-state index in [9.17, 15) is 19.4 Å². The predicted molar refractivity (Wildman–Crippen MR) is 136 cm³/mol. The quantitative estimate of drug-likeness (QED) is 0.306. The van der Waals surface area contributed by atoms with Crippen molar-refractivity contribution in [2.75, 3.05) is 5.32 Å². The Hall–Kier alpha value is -4.08. The molecule has 0 radical (unpaired) electrons. The molecule has 9 heteroatoms. The maximum absolute atomic E-state index is 14.0. The first kappa shape index (κ1) is 24.6. The van der Waals surface area contributed by atoms with Crippen molar-refractivity contribution in [3.05, 3.63) is 95.4 Å². The third-order valence-electron chi connectivity index (χ3n) is 6.87. The smallest absolute Gasteiger partial charge is 0.413 e. The minimum atomic E-state index is -1.36. The Labute approximate surface area is 213 Å². The van der Waals surface area contributed by atoms with E-state index in [0.29, 0.717) is 17.2 Å². The van der Waals surface area contributed by atoms with Gasteiger partial charge < -0.3 is 14.9 Å². The number of aromatic nitrogens is 3. The molecule has 1 saturated carbocycles. The first-order valence-corrected chi connectivity index (χ1v) is 12.0. The van der Waals surface area contributed by atoms with Gasteiger partial charge in [-0.2, -0.15) is 4.68 Å². The van der Waals surface area contributed by atoms with E-state index < -0.39 is 29.7 Å². The van der Waals surface area contributed by atoms with Crippen molar-refractivity contribution < 1.29 is 24.1 Å². The Balaban J connectivity index is 1.30. The van der Waals surface area contributed by atoms with Crippen LogP contribution in [0.1, 0.15) is 42.7 Å². The van der Waals surface area contributed by atoms with Crippen LogP contribution >= 0.6 is 0 Å². The predicted octanol–water partition coefficient (Wildman–Crippen LogP) is 5.03. The van der Waals surface area contributed by atoms with Crippen LogP contribution in [-0.4, -0.2) is 37.6 Å². The summed E-state index contributed by atoms with van der Waals surface area (Å²) in [4.78, 5) is 12.6. The van der Waals surface area contributed by atoms with Crippen LogP contribution in [0.2, 0.25) is 0 Å². The highest BCUT2D eigenvalue weighted by Crippen LogP contribution is 2.50. The molecule has 1 unspecified atom stereocenters. The van der Waals surface area contributed by atoms with Crippen molar-refractivity contribution >= 4 is 11.9 Å². The summed E-state index contributed by atoms with van der Waals surface area (Å²) in [5, 5.41) is 30.3. The molecule has 1 fully saturated rings. The van der Waals surface area contributed by atoms with E-state index in [-0.39, 0.29) is 5.56 Å². The van der Waals surface area contributed by atoms with E-state index in [2.05, 4.69) is 15.6 Å². The molecule has 3 N–H and O–H groups in total. The van der Waals surface area contributed by atoms with Crippen LogP contribution in [0.3, 0.4) is 0 Å². The number of ether oxygens (including phenoxy) is 1. The normalized spacial score (nSPS) is 14.9. The summed E-state index contributed by atoms with van der Waals surface area (Å²) in [6.45, 7) is 3.31. The van der Waals surface area contributed by atoms with Crippen LogP contribution in [0.25, 0.3) is 16.8 Å². The van der Waals surface area contributed by atoms with Gasteiger partial charge in [0, 0.05) is 11.0 Å². The lowest BCUT2D eigenvalue weighted by Crippen LogP contribution is -2.25. The largest absolute Gasteiger partial charge is 0.441 e. The molecule has 0 bridgehead atoms. The standard InChI is InChI=1S/C28H27FN4O4/c1-17-25(30-27(36)37-18(2)23-5-3-4-6-24(23)29)33(32-31-17)22-13-9-20(10-14-22)19-7-11-21(12-8-19)28(15-16-28)26(34)35/h3-14,18,26,34-35H,15-16H2,1-2H3,(H,30,36). The monoisotopic (exact) mass is 502 g/mol. The average Bonchev–Trinajstić information content (AvgIpc) is 3.64. The van der Waals surface area contributed by atoms with Crippen LogP contribution in [0.4, 0.5) is 15.0 Å². The molecule has 5 rings (SSSR count). The molecule has 1 aliphatic rings. The maximum atomic E-state index is 14.0. The SMILES string of the molecule is Cc1nnn(-c2ccc(-c3ccc(C4(C(O)O)CC4)cc3)cc2)c1NC(=O)OC(C)c1ccccc1F. The van der Waals surface area contributed by atoms with Gasteiger partial charge in [-0.1, -0.05) is 59.8 Å². The molecular weight excluding hydrogens is 475 g/mol. The molecule has 1 aromatic heterocycles. The molecular formula is C28H27FN4O4. The van der Waals surface area contributed by atoms with E-state index in [1.54, 1.807) is 32.0 Å². The van der Waals surface area contributed by atoms with E-state index in [1.807, 2.05) is 48.5 Å². The number of aliphatic hydroxyl groups excluding tert-OH is 1. The number of hydrogen-bond acceptors (Lipinski definition) is 6. The molecule has 1 amide bonds. The third kappa shape index (κ3) is 4.83. The number of anilines is 1. The zero-order chi connectivity index (χ0) is 26.2. The van der Waals surface area contributed by atoms with E-state index >= 15 is 0 Å². The Morgan fingerprint density at radius 2 is 1.65 bits per heavy atom.